The van der Waals surface area contributed by atoms with Gasteiger partial charge in [-0.15, -0.1) is 0 Å². The molecule has 0 bridgehead atoms. The zero-order chi connectivity index (χ0) is 24.4. The maximum absolute atomic E-state index is 12.8. The second-order valence-electron chi connectivity index (χ2n) is 8.85. The molecule has 35 heavy (non-hydrogen) atoms. The van der Waals surface area contributed by atoms with Gasteiger partial charge in [-0.3, -0.25) is 9.59 Å². The third-order valence-corrected chi connectivity index (χ3v) is 7.22. The number of aliphatic imine (C=N–C) groups is 1. The first-order chi connectivity index (χ1) is 17.0. The number of nitrogens with one attached hydrogen (secondary N) is 1. The van der Waals surface area contributed by atoms with Crippen LogP contribution in [0.25, 0.3) is 0 Å². The smallest absolute Gasteiger partial charge is 0.262 e. The van der Waals surface area contributed by atoms with E-state index in [1.165, 1.54) is 17.3 Å². The van der Waals surface area contributed by atoms with Crippen LogP contribution in [0.1, 0.15) is 41.1 Å². The fourth-order valence-corrected chi connectivity index (χ4v) is 5.31. The van der Waals surface area contributed by atoms with Gasteiger partial charge < -0.3 is 5.32 Å². The molecule has 5 rings (SSSR count). The van der Waals surface area contributed by atoms with Gasteiger partial charge in [0.05, 0.1) is 11.8 Å². The number of thioether (sulfide) groups is 1. The monoisotopic (exact) mass is 482 g/mol. The zero-order valence-corrected chi connectivity index (χ0v) is 20.5. The van der Waals surface area contributed by atoms with E-state index in [0.717, 1.165) is 28.1 Å². The molecule has 6 nitrogen and oxygen atoms in total. The molecular weight excluding hydrogens is 456 g/mol. The predicted octanol–water partition coefficient (Wildman–Crippen LogP) is 5.48. The maximum Gasteiger partial charge on any atom is 0.262 e. The Morgan fingerprint density at radius 3 is 2.51 bits per heavy atom. The number of amidine groups is 1. The molecule has 0 spiro atoms. The number of anilines is 1. The van der Waals surface area contributed by atoms with Crippen LogP contribution < -0.4 is 5.32 Å². The number of aryl methyl sites for hydroxylation is 2. The standard InChI is InChI=1S/C28H26N4O2S/c1-18-11-13-20(14-12-18)23-16-24(21-8-4-3-5-9-21)32(31-23)28-30-27(34)25(35-28)17-26(33)29-22-10-6-7-19(2)15-22/h3-15,24-25H,16-17H2,1-2H3,(H,29,33)/t24-,25+/m0/s1. The molecule has 2 atom stereocenters. The third-order valence-electron chi connectivity index (χ3n) is 6.08. The number of carbonyl (C=O) groups excluding carboxylic acids is 2. The normalized spacial score (nSPS) is 19.5. The minimum absolute atomic E-state index is 0.0584. The quantitative estimate of drug-likeness (QED) is 0.523. The Morgan fingerprint density at radius 1 is 1.00 bits per heavy atom. The largest absolute Gasteiger partial charge is 0.326 e. The van der Waals surface area contributed by atoms with Gasteiger partial charge in [-0.25, -0.2) is 5.01 Å². The van der Waals surface area contributed by atoms with Crippen molar-refractivity contribution in [3.63, 3.8) is 0 Å². The van der Waals surface area contributed by atoms with Crippen molar-refractivity contribution >= 4 is 40.1 Å². The summed E-state index contributed by atoms with van der Waals surface area (Å²) in [6, 6.07) is 26.0. The van der Waals surface area contributed by atoms with Crippen molar-refractivity contribution in [1.29, 1.82) is 0 Å². The Balaban J connectivity index is 1.34. The molecule has 0 fully saturated rings. The Kier molecular flexibility index (Phi) is 6.51. The van der Waals surface area contributed by atoms with Crippen molar-refractivity contribution in [3.8, 4) is 0 Å². The first kappa shape index (κ1) is 23.1. The fraction of sp³-hybridized carbons (Fsp3) is 0.214. The average molecular weight is 483 g/mol. The van der Waals surface area contributed by atoms with Crippen LogP contribution in [-0.2, 0) is 9.59 Å². The van der Waals surface area contributed by atoms with Gasteiger partial charge in [0.2, 0.25) is 5.91 Å². The fourth-order valence-electron chi connectivity index (χ4n) is 4.25. The summed E-state index contributed by atoms with van der Waals surface area (Å²) in [6.45, 7) is 4.03. The summed E-state index contributed by atoms with van der Waals surface area (Å²) in [5, 5.41) is 9.61. The SMILES string of the molecule is Cc1ccc(C2=NN(C3=NC(=O)[C@@H](CC(=O)Nc4cccc(C)c4)S3)[C@H](c3ccccc3)C2)cc1. The van der Waals surface area contributed by atoms with Crippen LogP contribution in [0.4, 0.5) is 5.69 Å². The van der Waals surface area contributed by atoms with Crippen LogP contribution in [0.15, 0.2) is 89.0 Å². The molecule has 0 radical (unpaired) electrons. The number of nitrogens with zero attached hydrogens (tertiary/aromatic N) is 3. The summed E-state index contributed by atoms with van der Waals surface area (Å²) in [5.74, 6) is -0.502. The number of carbonyl (C=O) groups is 2. The number of amides is 2. The average Bonchev–Trinajstić information content (AvgIpc) is 3.44. The van der Waals surface area contributed by atoms with Gasteiger partial charge in [0.25, 0.3) is 5.91 Å². The van der Waals surface area contributed by atoms with E-state index in [1.54, 1.807) is 0 Å². The van der Waals surface area contributed by atoms with Crippen LogP contribution in [0.2, 0.25) is 0 Å². The van der Waals surface area contributed by atoms with Gasteiger partial charge in [-0.2, -0.15) is 10.1 Å². The Bertz CT molecular complexity index is 1320. The lowest BCUT2D eigenvalue weighted by Crippen LogP contribution is -2.25. The first-order valence-electron chi connectivity index (χ1n) is 11.6. The van der Waals surface area contributed by atoms with Crippen molar-refractivity contribution in [2.75, 3.05) is 5.32 Å². The highest BCUT2D eigenvalue weighted by Gasteiger charge is 2.39. The number of hydrogen-bond donors (Lipinski definition) is 1. The molecule has 1 N–H and O–H groups in total. The van der Waals surface area contributed by atoms with Crippen LogP contribution in [-0.4, -0.2) is 33.0 Å². The molecule has 0 saturated heterocycles. The van der Waals surface area contributed by atoms with E-state index in [4.69, 9.17) is 5.10 Å². The van der Waals surface area contributed by atoms with Gasteiger partial charge in [-0.05, 0) is 42.7 Å². The second kappa shape index (κ2) is 9.88. The van der Waals surface area contributed by atoms with Crippen molar-refractivity contribution in [1.82, 2.24) is 5.01 Å². The Labute approximate surface area is 209 Å². The molecule has 3 aromatic rings. The molecule has 2 amide bonds. The van der Waals surface area contributed by atoms with Crippen LogP contribution >= 0.6 is 11.8 Å². The van der Waals surface area contributed by atoms with E-state index in [1.807, 2.05) is 54.4 Å². The van der Waals surface area contributed by atoms with Crippen molar-refractivity contribution < 1.29 is 9.59 Å². The molecule has 0 aromatic heterocycles. The van der Waals surface area contributed by atoms with E-state index in [9.17, 15) is 9.59 Å². The van der Waals surface area contributed by atoms with Gasteiger partial charge in [0.1, 0.15) is 5.25 Å². The molecule has 3 aromatic carbocycles. The van der Waals surface area contributed by atoms with Crippen LogP contribution in [0, 0.1) is 13.8 Å². The predicted molar refractivity (Wildman–Crippen MR) is 142 cm³/mol. The Morgan fingerprint density at radius 2 is 1.77 bits per heavy atom. The number of rotatable bonds is 5. The molecule has 0 saturated carbocycles. The molecule has 0 unspecified atom stereocenters. The maximum atomic E-state index is 12.8. The number of hydrogen-bond acceptors (Lipinski definition) is 5. The summed E-state index contributed by atoms with van der Waals surface area (Å²) < 4.78 is 0. The molecule has 2 aliphatic heterocycles. The van der Waals surface area contributed by atoms with Crippen molar-refractivity contribution in [3.05, 3.63) is 101 Å². The summed E-state index contributed by atoms with van der Waals surface area (Å²) >= 11 is 1.31. The third kappa shape index (κ3) is 5.20. The van der Waals surface area contributed by atoms with Crippen LogP contribution in [0.5, 0.6) is 0 Å². The van der Waals surface area contributed by atoms with Gasteiger partial charge >= 0.3 is 0 Å². The van der Waals surface area contributed by atoms with E-state index in [-0.39, 0.29) is 24.3 Å². The summed E-state index contributed by atoms with van der Waals surface area (Å²) in [5.41, 5.74) is 6.09. The van der Waals surface area contributed by atoms with Gasteiger partial charge in [0, 0.05) is 18.5 Å². The minimum atomic E-state index is -0.565. The van der Waals surface area contributed by atoms with E-state index >= 15 is 0 Å². The van der Waals surface area contributed by atoms with Gasteiger partial charge in [-0.1, -0.05) is 84.1 Å². The van der Waals surface area contributed by atoms with Crippen LogP contribution in [0.3, 0.4) is 0 Å². The topological polar surface area (TPSA) is 74.1 Å². The Hall–Kier alpha value is -3.71. The molecule has 0 aliphatic carbocycles. The molecular formula is C28H26N4O2S. The zero-order valence-electron chi connectivity index (χ0n) is 19.6. The summed E-state index contributed by atoms with van der Waals surface area (Å²) in [7, 11) is 0. The summed E-state index contributed by atoms with van der Waals surface area (Å²) in [6.07, 6.45) is 0.766. The lowest BCUT2D eigenvalue weighted by molar-refractivity contribution is -0.121. The first-order valence-corrected chi connectivity index (χ1v) is 12.5. The second-order valence-corrected chi connectivity index (χ2v) is 10.0. The lowest BCUT2D eigenvalue weighted by atomic mass is 9.98. The van der Waals surface area contributed by atoms with E-state index in [0.29, 0.717) is 11.6 Å². The molecule has 176 valence electrons. The highest BCUT2D eigenvalue weighted by Crippen LogP contribution is 2.38. The highest BCUT2D eigenvalue weighted by molar-refractivity contribution is 8.15. The number of benzene rings is 3. The van der Waals surface area contributed by atoms with Gasteiger partial charge in [0.15, 0.2) is 5.17 Å². The molecule has 2 aliphatic rings. The van der Waals surface area contributed by atoms with Crippen molar-refractivity contribution in [2.24, 2.45) is 10.1 Å². The summed E-state index contributed by atoms with van der Waals surface area (Å²) in [4.78, 5) is 29.7. The van der Waals surface area contributed by atoms with E-state index < -0.39 is 5.25 Å². The van der Waals surface area contributed by atoms with E-state index in [2.05, 4.69) is 53.6 Å². The number of hydrazone groups is 1. The molecule has 7 heteroatoms. The highest BCUT2D eigenvalue weighted by atomic mass is 32.2. The lowest BCUT2D eigenvalue weighted by Gasteiger charge is -2.23. The van der Waals surface area contributed by atoms with Crippen molar-refractivity contribution in [2.45, 2.75) is 38.0 Å². The minimum Gasteiger partial charge on any atom is -0.326 e. The molecule has 2 heterocycles.